The van der Waals surface area contributed by atoms with Crippen LogP contribution >= 0.6 is 15.9 Å². The molecular weight excluding hydrogens is 357 g/mol. The van der Waals surface area contributed by atoms with E-state index in [1.54, 1.807) is 6.92 Å². The molecular formula is C15H15BrFNO2S. The predicted octanol–water partition coefficient (Wildman–Crippen LogP) is 3.55. The molecule has 2 aromatic carbocycles. The molecule has 0 spiro atoms. The molecule has 0 aliphatic rings. The summed E-state index contributed by atoms with van der Waals surface area (Å²) in [6.07, 6.45) is 0. The lowest BCUT2D eigenvalue weighted by atomic mass is 10.1. The number of halogens is 2. The third-order valence-electron chi connectivity index (χ3n) is 3.08. The molecule has 6 heteroatoms. The summed E-state index contributed by atoms with van der Waals surface area (Å²) in [6, 6.07) is 12.5. The van der Waals surface area contributed by atoms with Crippen LogP contribution in [0.15, 0.2) is 53.4 Å². The minimum atomic E-state index is -3.71. The molecule has 2 aromatic rings. The van der Waals surface area contributed by atoms with Crippen molar-refractivity contribution in [1.29, 1.82) is 0 Å². The van der Waals surface area contributed by atoms with Crippen LogP contribution in [0.1, 0.15) is 17.2 Å². The Bertz CT molecular complexity index is 720. The van der Waals surface area contributed by atoms with E-state index in [0.717, 1.165) is 11.6 Å². The standard InChI is InChI=1S/C15H15BrFNO2S/c1-11-9-13(17)7-8-15(11)21(19,20)18-14(10-16)12-5-3-2-4-6-12/h2-9,14,18H,10H2,1H3. The summed E-state index contributed by atoms with van der Waals surface area (Å²) in [7, 11) is -3.71. The van der Waals surface area contributed by atoms with Crippen LogP contribution in [0.2, 0.25) is 0 Å². The summed E-state index contributed by atoms with van der Waals surface area (Å²) >= 11 is 3.32. The van der Waals surface area contributed by atoms with Crippen molar-refractivity contribution in [3.8, 4) is 0 Å². The Labute approximate surface area is 132 Å². The van der Waals surface area contributed by atoms with Crippen molar-refractivity contribution in [2.45, 2.75) is 17.9 Å². The normalized spacial score (nSPS) is 13.1. The topological polar surface area (TPSA) is 46.2 Å². The molecule has 0 saturated carbocycles. The Hall–Kier alpha value is -1.24. The Morgan fingerprint density at radius 1 is 1.19 bits per heavy atom. The van der Waals surface area contributed by atoms with E-state index in [1.165, 1.54) is 12.1 Å². The first-order valence-electron chi connectivity index (χ1n) is 6.33. The van der Waals surface area contributed by atoms with Crippen molar-refractivity contribution < 1.29 is 12.8 Å². The second-order valence-corrected chi connectivity index (χ2v) is 6.98. The second kappa shape index (κ2) is 6.68. The summed E-state index contributed by atoms with van der Waals surface area (Å²) in [6.45, 7) is 1.57. The average Bonchev–Trinajstić information content (AvgIpc) is 2.45. The lowest BCUT2D eigenvalue weighted by molar-refractivity contribution is 0.567. The van der Waals surface area contributed by atoms with Crippen LogP contribution in [0.5, 0.6) is 0 Å². The Morgan fingerprint density at radius 3 is 2.43 bits per heavy atom. The zero-order valence-corrected chi connectivity index (χ0v) is 13.8. The van der Waals surface area contributed by atoms with Crippen molar-refractivity contribution in [1.82, 2.24) is 4.72 Å². The Balaban J connectivity index is 2.32. The summed E-state index contributed by atoms with van der Waals surface area (Å²) in [4.78, 5) is 0.0887. The molecule has 1 unspecified atom stereocenters. The summed E-state index contributed by atoms with van der Waals surface area (Å²) < 4.78 is 40.7. The van der Waals surface area contributed by atoms with Crippen LogP contribution < -0.4 is 4.72 Å². The lowest BCUT2D eigenvalue weighted by Gasteiger charge is -2.17. The minimum absolute atomic E-state index is 0.0887. The number of aryl methyl sites for hydroxylation is 1. The van der Waals surface area contributed by atoms with Gasteiger partial charge in [-0.1, -0.05) is 46.3 Å². The molecule has 0 aromatic heterocycles. The highest BCUT2D eigenvalue weighted by molar-refractivity contribution is 9.09. The van der Waals surface area contributed by atoms with E-state index in [4.69, 9.17) is 0 Å². The fraction of sp³-hybridized carbons (Fsp3) is 0.200. The van der Waals surface area contributed by atoms with Crippen molar-refractivity contribution in [3.63, 3.8) is 0 Å². The van der Waals surface area contributed by atoms with E-state index in [9.17, 15) is 12.8 Å². The molecule has 1 atom stereocenters. The van der Waals surface area contributed by atoms with E-state index < -0.39 is 15.8 Å². The smallest absolute Gasteiger partial charge is 0.207 e. The van der Waals surface area contributed by atoms with E-state index in [2.05, 4.69) is 20.7 Å². The van der Waals surface area contributed by atoms with E-state index in [-0.39, 0.29) is 10.9 Å². The van der Waals surface area contributed by atoms with Crippen molar-refractivity contribution in [2.24, 2.45) is 0 Å². The van der Waals surface area contributed by atoms with Crippen molar-refractivity contribution in [3.05, 3.63) is 65.5 Å². The zero-order valence-electron chi connectivity index (χ0n) is 11.4. The minimum Gasteiger partial charge on any atom is -0.207 e. The summed E-state index contributed by atoms with van der Waals surface area (Å²) in [5, 5.41) is 0.441. The highest BCUT2D eigenvalue weighted by atomic mass is 79.9. The van der Waals surface area contributed by atoms with Gasteiger partial charge in [0.2, 0.25) is 10.0 Å². The van der Waals surface area contributed by atoms with Crippen LogP contribution in [0, 0.1) is 12.7 Å². The van der Waals surface area contributed by atoms with Gasteiger partial charge in [-0.05, 0) is 36.2 Å². The highest BCUT2D eigenvalue weighted by Crippen LogP contribution is 2.21. The molecule has 21 heavy (non-hydrogen) atoms. The monoisotopic (exact) mass is 371 g/mol. The SMILES string of the molecule is Cc1cc(F)ccc1S(=O)(=O)NC(CBr)c1ccccc1. The number of rotatable bonds is 5. The van der Waals surface area contributed by atoms with Crippen LogP contribution in [-0.4, -0.2) is 13.7 Å². The summed E-state index contributed by atoms with van der Waals surface area (Å²) in [5.41, 5.74) is 1.24. The number of benzene rings is 2. The quantitative estimate of drug-likeness (QED) is 0.816. The lowest BCUT2D eigenvalue weighted by Crippen LogP contribution is -2.30. The summed E-state index contributed by atoms with van der Waals surface area (Å²) in [5.74, 6) is -0.452. The fourth-order valence-electron chi connectivity index (χ4n) is 2.04. The van der Waals surface area contributed by atoms with E-state index >= 15 is 0 Å². The molecule has 3 nitrogen and oxygen atoms in total. The largest absolute Gasteiger partial charge is 0.241 e. The van der Waals surface area contributed by atoms with E-state index in [0.29, 0.717) is 10.9 Å². The average molecular weight is 372 g/mol. The van der Waals surface area contributed by atoms with Gasteiger partial charge in [0.1, 0.15) is 5.82 Å². The van der Waals surface area contributed by atoms with Crippen molar-refractivity contribution in [2.75, 3.05) is 5.33 Å². The number of sulfonamides is 1. The van der Waals surface area contributed by atoms with Gasteiger partial charge in [0.15, 0.2) is 0 Å². The molecule has 1 N–H and O–H groups in total. The van der Waals surface area contributed by atoms with Crippen LogP contribution in [0.4, 0.5) is 4.39 Å². The first-order valence-corrected chi connectivity index (χ1v) is 8.94. The molecule has 0 saturated heterocycles. The highest BCUT2D eigenvalue weighted by Gasteiger charge is 2.22. The second-order valence-electron chi connectivity index (χ2n) is 4.65. The molecule has 0 fully saturated rings. The molecule has 0 bridgehead atoms. The molecule has 2 rings (SSSR count). The number of nitrogens with one attached hydrogen (secondary N) is 1. The number of alkyl halides is 1. The third-order valence-corrected chi connectivity index (χ3v) is 5.36. The van der Waals surface area contributed by atoms with Crippen LogP contribution in [-0.2, 0) is 10.0 Å². The molecule has 112 valence electrons. The van der Waals surface area contributed by atoms with Gasteiger partial charge in [0.25, 0.3) is 0 Å². The molecule has 0 aliphatic heterocycles. The first-order chi connectivity index (χ1) is 9.94. The number of hydrogen-bond donors (Lipinski definition) is 1. The maximum atomic E-state index is 13.1. The van der Waals surface area contributed by atoms with E-state index in [1.807, 2.05) is 30.3 Å². The maximum absolute atomic E-state index is 13.1. The van der Waals surface area contributed by atoms with Gasteiger partial charge >= 0.3 is 0 Å². The zero-order chi connectivity index (χ0) is 15.5. The molecule has 0 aliphatic carbocycles. The Kier molecular flexibility index (Phi) is 5.13. The van der Waals surface area contributed by atoms with Gasteiger partial charge in [0.05, 0.1) is 10.9 Å². The fourth-order valence-corrected chi connectivity index (χ4v) is 4.24. The third kappa shape index (κ3) is 3.90. The van der Waals surface area contributed by atoms with Gasteiger partial charge in [0, 0.05) is 5.33 Å². The first kappa shape index (κ1) is 16.1. The molecule has 0 radical (unpaired) electrons. The van der Waals surface area contributed by atoms with Crippen molar-refractivity contribution >= 4 is 26.0 Å². The van der Waals surface area contributed by atoms with Gasteiger partial charge in [-0.3, -0.25) is 0 Å². The Morgan fingerprint density at radius 2 is 1.86 bits per heavy atom. The van der Waals surface area contributed by atoms with Gasteiger partial charge in [-0.25, -0.2) is 17.5 Å². The molecule has 0 amide bonds. The predicted molar refractivity (Wildman–Crippen MR) is 84.4 cm³/mol. The molecule has 0 heterocycles. The van der Waals surface area contributed by atoms with Gasteiger partial charge in [-0.15, -0.1) is 0 Å². The maximum Gasteiger partial charge on any atom is 0.241 e. The van der Waals surface area contributed by atoms with Crippen LogP contribution in [0.25, 0.3) is 0 Å². The van der Waals surface area contributed by atoms with Crippen LogP contribution in [0.3, 0.4) is 0 Å². The number of hydrogen-bond acceptors (Lipinski definition) is 2. The van der Waals surface area contributed by atoms with Gasteiger partial charge in [-0.2, -0.15) is 0 Å². The van der Waals surface area contributed by atoms with Gasteiger partial charge < -0.3 is 0 Å².